The Balaban J connectivity index is 1.93. The van der Waals surface area contributed by atoms with Crippen molar-refractivity contribution in [1.82, 2.24) is 5.32 Å². The van der Waals surface area contributed by atoms with Gasteiger partial charge in [-0.2, -0.15) is 0 Å². The minimum absolute atomic E-state index is 0.0259. The molecule has 0 heterocycles. The summed E-state index contributed by atoms with van der Waals surface area (Å²) in [5.74, 6) is -0.0259. The van der Waals surface area contributed by atoms with Crippen molar-refractivity contribution in [2.24, 2.45) is 0 Å². The molecule has 0 radical (unpaired) electrons. The lowest BCUT2D eigenvalue weighted by Crippen LogP contribution is -2.31. The van der Waals surface area contributed by atoms with Crippen LogP contribution in [0.5, 0.6) is 0 Å². The normalized spacial score (nSPS) is 12.0. The van der Waals surface area contributed by atoms with E-state index in [1.165, 1.54) is 5.56 Å². The molecule has 0 aliphatic heterocycles. The third kappa shape index (κ3) is 5.37. The van der Waals surface area contributed by atoms with E-state index in [0.717, 1.165) is 21.5 Å². The van der Waals surface area contributed by atoms with E-state index in [1.54, 1.807) is 11.8 Å². The summed E-state index contributed by atoms with van der Waals surface area (Å²) in [7, 11) is 0. The van der Waals surface area contributed by atoms with Crippen molar-refractivity contribution in [2.45, 2.75) is 24.3 Å². The van der Waals surface area contributed by atoms with E-state index in [2.05, 4.69) is 45.6 Å². The van der Waals surface area contributed by atoms with E-state index in [0.29, 0.717) is 0 Å². The van der Waals surface area contributed by atoms with Crippen LogP contribution in [-0.2, 0) is 4.79 Å². The van der Waals surface area contributed by atoms with E-state index in [-0.39, 0.29) is 18.5 Å². The molecule has 5 heteroatoms. The summed E-state index contributed by atoms with van der Waals surface area (Å²) in [6.45, 7) is 2.40. The summed E-state index contributed by atoms with van der Waals surface area (Å²) in [5, 5.41) is 6.30. The minimum Gasteiger partial charge on any atom is -0.324 e. The second-order valence-corrected chi connectivity index (χ2v) is 6.91. The van der Waals surface area contributed by atoms with Crippen LogP contribution in [0.15, 0.2) is 57.9 Å². The largest absolute Gasteiger partial charge is 0.324 e. The van der Waals surface area contributed by atoms with E-state index in [9.17, 15) is 4.79 Å². The smallest absolute Gasteiger partial charge is 0.238 e. The predicted octanol–water partition coefficient (Wildman–Crippen LogP) is 4.85. The Morgan fingerprint density at radius 1 is 1.17 bits per heavy atom. The number of carbonyl (C=O) groups excluding carboxylic acids is 1. The molecule has 0 unspecified atom stereocenters. The molecule has 2 rings (SSSR count). The molecule has 1 amide bonds. The molecule has 2 aromatic rings. The summed E-state index contributed by atoms with van der Waals surface area (Å²) in [5.41, 5.74) is 2.05. The first-order valence-electron chi connectivity index (χ1n) is 7.55. The lowest BCUT2D eigenvalue weighted by Gasteiger charge is -2.18. The van der Waals surface area contributed by atoms with Gasteiger partial charge in [0.25, 0.3) is 0 Å². The van der Waals surface area contributed by atoms with Crippen LogP contribution in [-0.4, -0.2) is 18.7 Å². The molecule has 2 aromatic carbocycles. The summed E-state index contributed by atoms with van der Waals surface area (Å²) in [4.78, 5) is 13.3. The number of hydrogen-bond acceptors (Lipinski definition) is 3. The highest BCUT2D eigenvalue weighted by molar-refractivity contribution is 9.10. The van der Waals surface area contributed by atoms with Crippen LogP contribution >= 0.6 is 27.7 Å². The van der Waals surface area contributed by atoms with Gasteiger partial charge in [0.05, 0.1) is 12.2 Å². The minimum atomic E-state index is -0.0259. The average Bonchev–Trinajstić information content (AvgIpc) is 2.57. The zero-order valence-corrected chi connectivity index (χ0v) is 15.7. The fourth-order valence-electron chi connectivity index (χ4n) is 2.35. The average molecular weight is 393 g/mol. The Labute approximate surface area is 150 Å². The highest BCUT2D eigenvalue weighted by atomic mass is 79.9. The monoisotopic (exact) mass is 392 g/mol. The quantitative estimate of drug-likeness (QED) is 0.661. The molecule has 0 saturated carbocycles. The van der Waals surface area contributed by atoms with Gasteiger partial charge in [-0.1, -0.05) is 47.1 Å². The van der Waals surface area contributed by atoms with E-state index in [4.69, 9.17) is 0 Å². The second kappa shape index (κ2) is 9.11. The molecule has 0 aromatic heterocycles. The number of amides is 1. The summed E-state index contributed by atoms with van der Waals surface area (Å²) in [6.07, 6.45) is 2.93. The number of hydrogen-bond donors (Lipinski definition) is 2. The number of nitrogens with one attached hydrogen (secondary N) is 2. The fourth-order valence-corrected chi connectivity index (χ4v) is 3.17. The third-order valence-electron chi connectivity index (χ3n) is 3.57. The van der Waals surface area contributed by atoms with Crippen LogP contribution in [0.25, 0.3) is 0 Å². The molecule has 0 aliphatic rings. The van der Waals surface area contributed by atoms with Crippen molar-refractivity contribution in [2.75, 3.05) is 18.1 Å². The number of rotatable bonds is 7. The Morgan fingerprint density at radius 2 is 1.87 bits per heavy atom. The maximum Gasteiger partial charge on any atom is 0.238 e. The van der Waals surface area contributed by atoms with Crippen molar-refractivity contribution in [1.29, 1.82) is 0 Å². The predicted molar refractivity (Wildman–Crippen MR) is 102 cm³/mol. The molecule has 23 heavy (non-hydrogen) atoms. The SMILES string of the molecule is CC[C@H](NCC(=O)Nc1ccccc1SC)c1ccc(Br)cc1. The molecule has 3 nitrogen and oxygen atoms in total. The Morgan fingerprint density at radius 3 is 2.52 bits per heavy atom. The zero-order valence-electron chi connectivity index (χ0n) is 13.3. The van der Waals surface area contributed by atoms with Gasteiger partial charge in [0.1, 0.15) is 0 Å². The van der Waals surface area contributed by atoms with Gasteiger partial charge in [0.2, 0.25) is 5.91 Å². The first kappa shape index (κ1) is 18.0. The van der Waals surface area contributed by atoms with E-state index >= 15 is 0 Å². The van der Waals surface area contributed by atoms with Gasteiger partial charge in [0.15, 0.2) is 0 Å². The molecular weight excluding hydrogens is 372 g/mol. The number of para-hydroxylation sites is 1. The molecule has 122 valence electrons. The van der Waals surface area contributed by atoms with Crippen LogP contribution in [0, 0.1) is 0 Å². The molecular formula is C18H21BrN2OS. The van der Waals surface area contributed by atoms with Gasteiger partial charge < -0.3 is 10.6 Å². The van der Waals surface area contributed by atoms with Crippen molar-refractivity contribution >= 4 is 39.3 Å². The third-order valence-corrected chi connectivity index (χ3v) is 4.90. The number of benzene rings is 2. The van der Waals surface area contributed by atoms with Crippen LogP contribution in [0.1, 0.15) is 24.9 Å². The maximum atomic E-state index is 12.2. The lowest BCUT2D eigenvalue weighted by atomic mass is 10.0. The van der Waals surface area contributed by atoms with E-state index in [1.807, 2.05) is 42.7 Å². The van der Waals surface area contributed by atoms with Gasteiger partial charge in [-0.15, -0.1) is 11.8 Å². The number of thioether (sulfide) groups is 1. The topological polar surface area (TPSA) is 41.1 Å². The van der Waals surface area contributed by atoms with Crippen LogP contribution in [0.2, 0.25) is 0 Å². The zero-order chi connectivity index (χ0) is 16.7. The standard InChI is InChI=1S/C18H21BrN2OS/c1-3-15(13-8-10-14(19)11-9-13)20-12-18(22)21-16-6-4-5-7-17(16)23-2/h4-11,15,20H,3,12H2,1-2H3,(H,21,22)/t15-/m0/s1. The first-order chi connectivity index (χ1) is 11.1. The summed E-state index contributed by atoms with van der Waals surface area (Å²) < 4.78 is 1.06. The molecule has 0 fully saturated rings. The highest BCUT2D eigenvalue weighted by Gasteiger charge is 2.11. The highest BCUT2D eigenvalue weighted by Crippen LogP contribution is 2.24. The summed E-state index contributed by atoms with van der Waals surface area (Å²) >= 11 is 5.07. The molecule has 1 atom stereocenters. The van der Waals surface area contributed by atoms with Crippen LogP contribution in [0.4, 0.5) is 5.69 Å². The first-order valence-corrected chi connectivity index (χ1v) is 9.57. The number of carbonyl (C=O) groups is 1. The Kier molecular flexibility index (Phi) is 7.15. The van der Waals surface area contributed by atoms with Crippen molar-refractivity contribution < 1.29 is 4.79 Å². The molecule has 0 aliphatic carbocycles. The van der Waals surface area contributed by atoms with Crippen LogP contribution < -0.4 is 10.6 Å². The number of anilines is 1. The Hall–Kier alpha value is -1.30. The van der Waals surface area contributed by atoms with Gasteiger partial charge in [-0.05, 0) is 42.5 Å². The lowest BCUT2D eigenvalue weighted by molar-refractivity contribution is -0.115. The van der Waals surface area contributed by atoms with Gasteiger partial charge >= 0.3 is 0 Å². The van der Waals surface area contributed by atoms with Crippen molar-refractivity contribution in [3.8, 4) is 0 Å². The number of halogens is 1. The van der Waals surface area contributed by atoms with Crippen LogP contribution in [0.3, 0.4) is 0 Å². The van der Waals surface area contributed by atoms with E-state index < -0.39 is 0 Å². The summed E-state index contributed by atoms with van der Waals surface area (Å²) in [6, 6.07) is 16.2. The van der Waals surface area contributed by atoms with Crippen molar-refractivity contribution in [3.63, 3.8) is 0 Å². The fraction of sp³-hybridized carbons (Fsp3) is 0.278. The maximum absolute atomic E-state index is 12.2. The molecule has 0 saturated heterocycles. The second-order valence-electron chi connectivity index (χ2n) is 5.14. The molecule has 2 N–H and O–H groups in total. The van der Waals surface area contributed by atoms with Gasteiger partial charge in [-0.3, -0.25) is 4.79 Å². The molecule has 0 bridgehead atoms. The van der Waals surface area contributed by atoms with Gasteiger partial charge in [-0.25, -0.2) is 0 Å². The molecule has 0 spiro atoms. The van der Waals surface area contributed by atoms with Crippen molar-refractivity contribution in [3.05, 3.63) is 58.6 Å². The van der Waals surface area contributed by atoms with Gasteiger partial charge in [0, 0.05) is 15.4 Å². The Bertz CT molecular complexity index is 646.